The summed E-state index contributed by atoms with van der Waals surface area (Å²) in [7, 11) is 0. The molecule has 0 spiro atoms. The van der Waals surface area contributed by atoms with E-state index in [0.29, 0.717) is 43.8 Å². The minimum atomic E-state index is -0.495. The van der Waals surface area contributed by atoms with Gasteiger partial charge in [-0.25, -0.2) is 9.97 Å². The van der Waals surface area contributed by atoms with E-state index in [-0.39, 0.29) is 29.5 Å². The largest absolute Gasteiger partial charge is 0.460 e. The van der Waals surface area contributed by atoms with Crippen LogP contribution in [0.15, 0.2) is 47.6 Å². The van der Waals surface area contributed by atoms with Crippen molar-refractivity contribution in [2.24, 2.45) is 0 Å². The van der Waals surface area contributed by atoms with Crippen LogP contribution in [0.3, 0.4) is 0 Å². The number of ether oxygens (including phenoxy) is 2. The smallest absolute Gasteiger partial charge is 0.316 e. The van der Waals surface area contributed by atoms with E-state index < -0.39 is 5.91 Å². The molecule has 12 nitrogen and oxygen atoms in total. The minimum absolute atomic E-state index is 0.00300. The third-order valence-electron chi connectivity index (χ3n) is 6.08. The second-order valence-corrected chi connectivity index (χ2v) is 8.57. The van der Waals surface area contributed by atoms with Crippen molar-refractivity contribution >= 4 is 23.5 Å². The summed E-state index contributed by atoms with van der Waals surface area (Å²) in [5.41, 5.74) is 0.707. The maximum Gasteiger partial charge on any atom is 0.316 e. The number of hydrogen-bond donors (Lipinski definition) is 2. The van der Waals surface area contributed by atoms with Gasteiger partial charge in [0.05, 0.1) is 23.6 Å². The fourth-order valence-corrected chi connectivity index (χ4v) is 4.16. The van der Waals surface area contributed by atoms with Crippen LogP contribution in [0.25, 0.3) is 0 Å². The van der Waals surface area contributed by atoms with Crippen molar-refractivity contribution in [2.45, 2.75) is 37.9 Å². The maximum atomic E-state index is 12.8. The van der Waals surface area contributed by atoms with Gasteiger partial charge in [-0.15, -0.1) is 0 Å². The van der Waals surface area contributed by atoms with E-state index in [1.54, 1.807) is 24.5 Å². The van der Waals surface area contributed by atoms with Crippen LogP contribution < -0.4 is 20.3 Å². The molecule has 0 bridgehead atoms. The lowest BCUT2D eigenvalue weighted by molar-refractivity contribution is 0.0858. The average molecular weight is 494 g/mol. The van der Waals surface area contributed by atoms with Gasteiger partial charge in [-0.1, -0.05) is 0 Å². The SMILES string of the molecule is O=C(Nc1cnccc1C(=O)NC[C@H]1CCCO1)c1coc(N2CCC(Oc3ncccn3)CC2)n1. The zero-order valence-electron chi connectivity index (χ0n) is 19.6. The number of aromatic nitrogens is 4. The van der Waals surface area contributed by atoms with Crippen molar-refractivity contribution in [3.8, 4) is 6.01 Å². The van der Waals surface area contributed by atoms with Gasteiger partial charge in [0.15, 0.2) is 5.69 Å². The van der Waals surface area contributed by atoms with Crippen molar-refractivity contribution in [2.75, 3.05) is 36.5 Å². The Labute approximate surface area is 207 Å². The summed E-state index contributed by atoms with van der Waals surface area (Å²) in [6.07, 6.45) is 10.9. The highest BCUT2D eigenvalue weighted by Crippen LogP contribution is 2.22. The number of nitrogens with zero attached hydrogens (tertiary/aromatic N) is 5. The van der Waals surface area contributed by atoms with Crippen LogP contribution in [-0.2, 0) is 4.74 Å². The van der Waals surface area contributed by atoms with E-state index in [1.807, 2.05) is 4.90 Å². The van der Waals surface area contributed by atoms with Crippen LogP contribution in [0.1, 0.15) is 46.5 Å². The Morgan fingerprint density at radius 3 is 2.72 bits per heavy atom. The summed E-state index contributed by atoms with van der Waals surface area (Å²) in [4.78, 5) is 44.1. The number of oxazole rings is 1. The Balaban J connectivity index is 1.16. The molecule has 1 atom stereocenters. The van der Waals surface area contributed by atoms with Crippen LogP contribution in [0.4, 0.5) is 11.7 Å². The molecular weight excluding hydrogens is 466 g/mol. The molecule has 5 rings (SSSR count). The van der Waals surface area contributed by atoms with Crippen LogP contribution in [0.5, 0.6) is 6.01 Å². The normalized spacial score (nSPS) is 18.1. The molecule has 188 valence electrons. The molecule has 36 heavy (non-hydrogen) atoms. The molecule has 0 saturated carbocycles. The summed E-state index contributed by atoms with van der Waals surface area (Å²) in [5.74, 6) is -0.805. The van der Waals surface area contributed by atoms with Crippen LogP contribution in [0, 0.1) is 0 Å². The lowest BCUT2D eigenvalue weighted by Gasteiger charge is -2.30. The van der Waals surface area contributed by atoms with Gasteiger partial charge in [-0.05, 0) is 25.0 Å². The Morgan fingerprint density at radius 2 is 1.94 bits per heavy atom. The molecule has 2 saturated heterocycles. The Hall–Kier alpha value is -4.06. The third kappa shape index (κ3) is 5.77. The van der Waals surface area contributed by atoms with Gasteiger partial charge in [-0.3, -0.25) is 14.6 Å². The second-order valence-electron chi connectivity index (χ2n) is 8.57. The fourth-order valence-electron chi connectivity index (χ4n) is 4.16. The molecule has 3 aromatic heterocycles. The third-order valence-corrected chi connectivity index (χ3v) is 6.08. The number of carbonyl (C=O) groups excluding carboxylic acids is 2. The zero-order valence-corrected chi connectivity index (χ0v) is 19.6. The van der Waals surface area contributed by atoms with Crippen LogP contribution in [-0.4, -0.2) is 70.2 Å². The highest BCUT2D eigenvalue weighted by atomic mass is 16.5. The molecule has 0 aliphatic carbocycles. The molecule has 0 radical (unpaired) electrons. The second kappa shape index (κ2) is 11.1. The summed E-state index contributed by atoms with van der Waals surface area (Å²) in [5, 5.41) is 5.58. The number of anilines is 2. The summed E-state index contributed by atoms with van der Waals surface area (Å²) < 4.78 is 16.9. The topological polar surface area (TPSA) is 145 Å². The average Bonchev–Trinajstić information content (AvgIpc) is 3.62. The molecule has 0 aromatic carbocycles. The summed E-state index contributed by atoms with van der Waals surface area (Å²) >= 11 is 0. The van der Waals surface area contributed by atoms with E-state index in [1.165, 1.54) is 18.7 Å². The Kier molecular flexibility index (Phi) is 7.31. The molecule has 2 fully saturated rings. The number of hydrogen-bond acceptors (Lipinski definition) is 10. The molecule has 2 amide bonds. The molecular formula is C24H27N7O5. The monoisotopic (exact) mass is 493 g/mol. The van der Waals surface area contributed by atoms with Gasteiger partial charge >= 0.3 is 6.01 Å². The predicted octanol–water partition coefficient (Wildman–Crippen LogP) is 2.07. The van der Waals surface area contributed by atoms with Gasteiger partial charge in [0.25, 0.3) is 17.8 Å². The molecule has 2 N–H and O–H groups in total. The predicted molar refractivity (Wildman–Crippen MR) is 128 cm³/mol. The fraction of sp³-hybridized carbons (Fsp3) is 0.417. The molecule has 2 aliphatic rings. The van der Waals surface area contributed by atoms with Crippen LogP contribution in [0.2, 0.25) is 0 Å². The number of rotatable bonds is 8. The number of pyridine rings is 1. The van der Waals surface area contributed by atoms with E-state index >= 15 is 0 Å². The maximum absolute atomic E-state index is 12.8. The molecule has 5 heterocycles. The number of nitrogens with one attached hydrogen (secondary N) is 2. The quantitative estimate of drug-likeness (QED) is 0.478. The molecule has 0 unspecified atom stereocenters. The first kappa shape index (κ1) is 23.7. The van der Waals surface area contributed by atoms with Gasteiger partial charge in [0.1, 0.15) is 12.4 Å². The van der Waals surface area contributed by atoms with Crippen molar-refractivity contribution in [3.05, 3.63) is 54.4 Å². The van der Waals surface area contributed by atoms with Crippen LogP contribution >= 0.6 is 0 Å². The molecule has 2 aliphatic heterocycles. The van der Waals surface area contributed by atoms with Crippen molar-refractivity contribution in [3.63, 3.8) is 0 Å². The van der Waals surface area contributed by atoms with Gasteiger partial charge in [-0.2, -0.15) is 4.98 Å². The first-order chi connectivity index (χ1) is 17.7. The minimum Gasteiger partial charge on any atom is -0.460 e. The zero-order chi connectivity index (χ0) is 24.7. The van der Waals surface area contributed by atoms with Gasteiger partial charge < -0.3 is 29.4 Å². The molecule has 3 aromatic rings. The first-order valence-corrected chi connectivity index (χ1v) is 11.9. The van der Waals surface area contributed by atoms with E-state index in [9.17, 15) is 9.59 Å². The summed E-state index contributed by atoms with van der Waals surface area (Å²) in [6, 6.07) is 4.01. The van der Waals surface area contributed by atoms with Crippen molar-refractivity contribution < 1.29 is 23.5 Å². The molecule has 12 heteroatoms. The Bertz CT molecular complexity index is 1170. The standard InChI is InChI=1S/C24H27N7O5/c32-21(28-13-17-3-1-12-34-17)18-4-9-25-14-19(18)29-22(33)20-15-35-24(30-20)31-10-5-16(6-11-31)36-23-26-7-2-8-27-23/h2,4,7-9,14-17H,1,3,5-6,10-13H2,(H,28,32)(H,29,33)/t17-/m1/s1. The Morgan fingerprint density at radius 1 is 1.11 bits per heavy atom. The van der Waals surface area contributed by atoms with E-state index in [0.717, 1.165) is 25.7 Å². The highest BCUT2D eigenvalue weighted by Gasteiger charge is 2.26. The van der Waals surface area contributed by atoms with E-state index in [2.05, 4.69) is 30.6 Å². The number of amides is 2. The number of carbonyl (C=O) groups is 2. The highest BCUT2D eigenvalue weighted by molar-refractivity contribution is 6.08. The van der Waals surface area contributed by atoms with Gasteiger partial charge in [0.2, 0.25) is 0 Å². The summed E-state index contributed by atoms with van der Waals surface area (Å²) in [6.45, 7) is 2.43. The van der Waals surface area contributed by atoms with Crippen molar-refractivity contribution in [1.29, 1.82) is 0 Å². The van der Waals surface area contributed by atoms with E-state index in [4.69, 9.17) is 13.9 Å². The lowest BCUT2D eigenvalue weighted by Crippen LogP contribution is -2.38. The number of piperidine rings is 1. The van der Waals surface area contributed by atoms with Gasteiger partial charge in [0, 0.05) is 57.7 Å². The van der Waals surface area contributed by atoms with Crippen molar-refractivity contribution in [1.82, 2.24) is 25.3 Å². The lowest BCUT2D eigenvalue weighted by atomic mass is 10.1. The first-order valence-electron chi connectivity index (χ1n) is 11.9.